The molecule has 13 atom stereocenters. The van der Waals surface area contributed by atoms with Gasteiger partial charge in [-0.2, -0.15) is 26.3 Å². The van der Waals surface area contributed by atoms with E-state index in [1.54, 1.807) is 39.8 Å². The molecular weight excluding hydrogens is 1460 g/mol. The molecule has 12 amide bonds. The number of hydrogen-bond donors (Lipinski definition) is 3. The number of halogens is 8. The smallest absolute Gasteiger partial charge is 0.377 e. The van der Waals surface area contributed by atoms with Gasteiger partial charge in [-0.25, -0.2) is 8.78 Å². The second-order valence-corrected chi connectivity index (χ2v) is 33.2. The molecule has 4 saturated carbocycles. The first-order valence-corrected chi connectivity index (χ1v) is 39.3. The van der Waals surface area contributed by atoms with Gasteiger partial charge in [0.25, 0.3) is 0 Å². The summed E-state index contributed by atoms with van der Waals surface area (Å²) < 4.78 is 122. The van der Waals surface area contributed by atoms with Gasteiger partial charge in [-0.05, 0) is 139 Å². The molecule has 0 radical (unpaired) electrons. The lowest BCUT2D eigenvalue weighted by Gasteiger charge is -2.54. The molecule has 3 N–H and O–H groups in total. The van der Waals surface area contributed by atoms with Crippen molar-refractivity contribution in [2.24, 2.45) is 40.9 Å². The van der Waals surface area contributed by atoms with Crippen molar-refractivity contribution in [3.05, 3.63) is 12.2 Å². The van der Waals surface area contributed by atoms with E-state index in [4.69, 9.17) is 11.2 Å². The van der Waals surface area contributed by atoms with Crippen LogP contribution in [0.25, 0.3) is 0 Å². The van der Waals surface area contributed by atoms with E-state index in [2.05, 4.69) is 21.9 Å². The molecule has 6 fully saturated rings. The van der Waals surface area contributed by atoms with E-state index in [1.807, 2.05) is 13.8 Å². The molecular formula is C78H118F8N12O13. The number of carbonyl (C=O) groups is 12. The molecule has 25 nitrogen and oxygen atoms in total. The quantitative estimate of drug-likeness (QED) is 0.0980. The highest BCUT2D eigenvalue weighted by Crippen LogP contribution is 2.50. The van der Waals surface area contributed by atoms with Gasteiger partial charge >= 0.3 is 12.4 Å². The van der Waals surface area contributed by atoms with E-state index in [0.29, 0.717) is 25.7 Å². The van der Waals surface area contributed by atoms with Crippen LogP contribution in [-0.2, 0) is 62.3 Å². The van der Waals surface area contributed by atoms with Crippen LogP contribution in [0.15, 0.2) is 12.2 Å². The number of fused-ring (bicyclic) bond motifs is 3. The molecule has 7 rings (SSSR count). The molecule has 3 aliphatic heterocycles. The predicted molar refractivity (Wildman–Crippen MR) is 393 cm³/mol. The van der Waals surface area contributed by atoms with Gasteiger partial charge in [0, 0.05) is 88.9 Å². The lowest BCUT2D eigenvalue weighted by molar-refractivity contribution is -0.219. The molecule has 33 heteroatoms. The number of alkyl halides is 8. The highest BCUT2D eigenvalue weighted by atomic mass is 19.4. The molecule has 624 valence electrons. The predicted octanol–water partition coefficient (Wildman–Crippen LogP) is 6.74. The Morgan fingerprint density at radius 2 is 1.30 bits per heavy atom. The number of hydrogen-bond acceptors (Lipinski definition) is 13. The summed E-state index contributed by atoms with van der Waals surface area (Å²) in [6.07, 6.45) is -8.83. The van der Waals surface area contributed by atoms with Crippen LogP contribution in [0.4, 0.5) is 35.1 Å². The van der Waals surface area contributed by atoms with Crippen LogP contribution >= 0.6 is 0 Å². The van der Waals surface area contributed by atoms with Gasteiger partial charge in [-0.1, -0.05) is 66.0 Å². The number of nitrogens with zero attached hydrogens (tertiary/aromatic N) is 9. The Kier molecular flexibility index (Phi) is 31.0. The fraction of sp³-hybridized carbons (Fsp3) is 0.795. The lowest BCUT2D eigenvalue weighted by atomic mass is 9.58. The van der Waals surface area contributed by atoms with Gasteiger partial charge < -0.3 is 64.8 Å². The summed E-state index contributed by atoms with van der Waals surface area (Å²) in [6.45, 7) is 9.08. The Bertz CT molecular complexity index is 3410. The second kappa shape index (κ2) is 38.0. The highest BCUT2D eigenvalue weighted by Gasteiger charge is 2.60. The maximum Gasteiger partial charge on any atom is 0.397 e. The van der Waals surface area contributed by atoms with Crippen molar-refractivity contribution in [3.8, 4) is 12.3 Å². The zero-order valence-corrected chi connectivity index (χ0v) is 66.9. The molecule has 0 aromatic carbocycles. The molecule has 7 aliphatic rings. The van der Waals surface area contributed by atoms with Crippen molar-refractivity contribution in [3.63, 3.8) is 0 Å². The molecule has 0 aromatic heterocycles. The van der Waals surface area contributed by atoms with Gasteiger partial charge in [0.1, 0.15) is 78.2 Å². The zero-order chi connectivity index (χ0) is 82.9. The fourth-order valence-electron chi connectivity index (χ4n) is 18.2. The van der Waals surface area contributed by atoms with Gasteiger partial charge in [-0.3, -0.25) is 57.5 Å². The van der Waals surface area contributed by atoms with E-state index >= 15 is 47.1 Å². The maximum absolute atomic E-state index is 15.8. The van der Waals surface area contributed by atoms with Crippen LogP contribution in [0.1, 0.15) is 183 Å². The van der Waals surface area contributed by atoms with Crippen molar-refractivity contribution in [1.29, 1.82) is 0 Å². The van der Waals surface area contributed by atoms with Crippen LogP contribution in [0, 0.1) is 53.3 Å². The summed E-state index contributed by atoms with van der Waals surface area (Å²) in [5.74, 6) is -14.9. The molecule has 4 aliphatic carbocycles. The summed E-state index contributed by atoms with van der Waals surface area (Å²) in [6, 6.07) is -13.3. The van der Waals surface area contributed by atoms with Crippen molar-refractivity contribution in [2.75, 3.05) is 82.6 Å². The average Bonchev–Trinajstić information content (AvgIpc) is 1.43. The Morgan fingerprint density at radius 1 is 0.676 bits per heavy atom. The molecule has 2 saturated heterocycles. The summed E-state index contributed by atoms with van der Waals surface area (Å²) in [5, 5.41) is 8.42. The number of rotatable bonds is 13. The Labute approximate surface area is 647 Å². The number of amides is 12. The van der Waals surface area contributed by atoms with Gasteiger partial charge in [0.15, 0.2) is 0 Å². The zero-order valence-electron chi connectivity index (χ0n) is 66.9. The van der Waals surface area contributed by atoms with E-state index in [1.165, 1.54) is 71.1 Å². The molecule has 2 bridgehead atoms. The largest absolute Gasteiger partial charge is 0.397 e. The van der Waals surface area contributed by atoms with Gasteiger partial charge in [-0.15, -0.1) is 12.3 Å². The molecule has 0 aromatic rings. The van der Waals surface area contributed by atoms with Crippen LogP contribution in [0.3, 0.4) is 0 Å². The fourth-order valence-corrected chi connectivity index (χ4v) is 18.2. The van der Waals surface area contributed by atoms with Crippen molar-refractivity contribution in [1.82, 2.24) is 60.0 Å². The lowest BCUT2D eigenvalue weighted by Crippen LogP contribution is -2.71. The average molecular weight is 1580 g/mol. The van der Waals surface area contributed by atoms with Crippen LogP contribution in [0.2, 0.25) is 0 Å². The third kappa shape index (κ3) is 21.4. The number of terminal acetylenes is 1. The maximum atomic E-state index is 15.8. The monoisotopic (exact) mass is 1580 g/mol. The molecule has 1 spiro atoms. The van der Waals surface area contributed by atoms with Crippen LogP contribution in [-0.4, -0.2) is 288 Å². The standard InChI is InChI=1S/C78H118F8N12O13/c1-16-25-55-70(106)93(12)56-28-21-20-24-35-97(71(56)107)59(38-46-29-32-49(33-30-46)77(81,82)83)69(105)91(10)42-60(99)87-53(34-31-47-36-51(79)62(52(80)37-47)78(84,85)86)67(103)98-41-50(111-19-4)39-57(98)66(102)89-76(43-75(6,7)44-76)74(110)96(15)64(48-26-22-23-27-48)73(109)95(14)58(68(104)90(8)9)40-61(100)92(11)54(18-3)65(101)88-63(45(5)17-2)72(108)94(55)13/h1,20-21,45-59,62-64H,17-19,22-44H2,2-15H3,(H,87,99)(H,88,101)(H,89,102)/b21-20-/t45-,46?,47?,49?,50+,51?,52?,53-,54-,55?,56-,57-,58-,59-,62?,63-,64-/m0/s1. The third-order valence-electron chi connectivity index (χ3n) is 24.6. The topological polar surface area (TPSA) is 279 Å². The summed E-state index contributed by atoms with van der Waals surface area (Å²) in [4.78, 5) is 193. The number of carbonyl (C=O) groups excluding carboxylic acids is 12. The van der Waals surface area contributed by atoms with E-state index in [-0.39, 0.29) is 103 Å². The third-order valence-corrected chi connectivity index (χ3v) is 24.6. The highest BCUT2D eigenvalue weighted by molar-refractivity contribution is 6.01. The molecule has 3 heterocycles. The minimum atomic E-state index is -5.23. The van der Waals surface area contributed by atoms with Crippen LogP contribution in [0.5, 0.6) is 0 Å². The Hall–Kier alpha value is -7.66. The molecule has 3 unspecified atom stereocenters. The van der Waals surface area contributed by atoms with Gasteiger partial charge in [0.2, 0.25) is 70.9 Å². The van der Waals surface area contributed by atoms with E-state index in [0.717, 1.165) is 29.4 Å². The van der Waals surface area contributed by atoms with E-state index in [9.17, 15) is 45.5 Å². The summed E-state index contributed by atoms with van der Waals surface area (Å²) in [5.41, 5.74) is -2.38. The number of nitrogens with one attached hydrogen (secondary N) is 3. The SMILES string of the molecule is C#CCC1C(=O)N(C)[C@H]2C/C=C\CCN(C2=O)[C@@H](CC2CCC(C(F)(F)F)CC2)C(=O)N(C)CC(=O)N[C@@H](CCC2CC(F)C(C(F)(F)F)C(F)C2)C(=O)N2C[C@H](OCC)C[C@H]2C(=O)NC2(CC(C)(C)C2)C(=O)N(C)[C@@H](C2CCCC2)C(=O)N(C)[C@H](C(=O)N(C)C)CC(=O)N(C)[C@@H](CC)C(=O)N[C@@H]([C@@H](C)CC)C(=O)N1C. The van der Waals surface area contributed by atoms with Crippen molar-refractivity contribution < 1.29 is 97.4 Å². The summed E-state index contributed by atoms with van der Waals surface area (Å²) in [7, 11) is 10.7. The minimum Gasteiger partial charge on any atom is -0.377 e. The number of likely N-dealkylation sites (N-methyl/N-ethyl adjacent to an activating group) is 7. The van der Waals surface area contributed by atoms with E-state index < -0.39 is 241 Å². The van der Waals surface area contributed by atoms with Crippen LogP contribution < -0.4 is 16.0 Å². The first-order valence-electron chi connectivity index (χ1n) is 39.3. The van der Waals surface area contributed by atoms with Crippen molar-refractivity contribution in [2.45, 2.75) is 274 Å². The first-order chi connectivity index (χ1) is 51.9. The van der Waals surface area contributed by atoms with Gasteiger partial charge in [0.05, 0.1) is 25.0 Å². The second-order valence-electron chi connectivity index (χ2n) is 33.2. The minimum absolute atomic E-state index is 0.00281. The Morgan fingerprint density at radius 3 is 1.85 bits per heavy atom. The Balaban J connectivity index is 1.36. The summed E-state index contributed by atoms with van der Waals surface area (Å²) >= 11 is 0. The number of ether oxygens (including phenoxy) is 1. The van der Waals surface area contributed by atoms with Crippen molar-refractivity contribution >= 4 is 70.9 Å². The molecule has 111 heavy (non-hydrogen) atoms. The normalized spacial score (nSPS) is 32.5. The first kappa shape index (κ1) is 90.5.